The number of hydrogen-bond donors (Lipinski definition) is 1. The molecule has 1 N–H and O–H groups in total. The van der Waals surface area contributed by atoms with Gasteiger partial charge in [0.15, 0.2) is 0 Å². The molecule has 0 aromatic heterocycles. The summed E-state index contributed by atoms with van der Waals surface area (Å²) in [5.74, 6) is -0.0309. The van der Waals surface area contributed by atoms with Gasteiger partial charge in [0, 0.05) is 31.7 Å². The molecule has 2 aromatic carbocycles. The molecule has 1 saturated carbocycles. The molecule has 0 atom stereocenters. The predicted molar refractivity (Wildman–Crippen MR) is 97.9 cm³/mol. The van der Waals surface area contributed by atoms with Crippen molar-refractivity contribution in [2.75, 3.05) is 7.05 Å². The topological polar surface area (TPSA) is 32.3 Å². The lowest BCUT2D eigenvalue weighted by Crippen LogP contribution is -2.25. The maximum absolute atomic E-state index is 11.6. The van der Waals surface area contributed by atoms with E-state index in [4.69, 9.17) is 0 Å². The van der Waals surface area contributed by atoms with Crippen LogP contribution >= 0.6 is 0 Å². The number of hydrogen-bond acceptors (Lipinski definition) is 2. The average Bonchev–Trinajstić information content (AvgIpc) is 3.47. The van der Waals surface area contributed by atoms with Gasteiger partial charge in [-0.3, -0.25) is 9.69 Å². The predicted octanol–water partition coefficient (Wildman–Crippen LogP) is 3.77. The third kappa shape index (κ3) is 4.24. The normalized spacial score (nSPS) is 14.0. The van der Waals surface area contributed by atoms with Crippen molar-refractivity contribution in [1.29, 1.82) is 0 Å². The van der Waals surface area contributed by atoms with Gasteiger partial charge in [-0.25, -0.2) is 0 Å². The lowest BCUT2D eigenvalue weighted by Gasteiger charge is -2.22. The van der Waals surface area contributed by atoms with Crippen LogP contribution in [0, 0.1) is 0 Å². The lowest BCUT2D eigenvalue weighted by molar-refractivity contribution is 0.0963. The highest BCUT2D eigenvalue weighted by Gasteiger charge is 2.28. The highest BCUT2D eigenvalue weighted by molar-refractivity contribution is 5.93. The Kier molecular flexibility index (Phi) is 5.31. The lowest BCUT2D eigenvalue weighted by atomic mass is 10.1. The van der Waals surface area contributed by atoms with E-state index >= 15 is 0 Å². The molecule has 3 heteroatoms. The Bertz CT molecular complexity index is 672. The monoisotopic (exact) mass is 322 g/mol. The van der Waals surface area contributed by atoms with E-state index in [1.807, 2.05) is 12.1 Å². The van der Waals surface area contributed by atoms with Crippen LogP contribution in [0.25, 0.3) is 0 Å². The fraction of sp³-hybridized carbons (Fsp3) is 0.381. The summed E-state index contributed by atoms with van der Waals surface area (Å²) in [7, 11) is 1.66. The van der Waals surface area contributed by atoms with Crippen LogP contribution in [0.2, 0.25) is 0 Å². The van der Waals surface area contributed by atoms with Crippen molar-refractivity contribution in [3.05, 3.63) is 70.8 Å². The second-order valence-corrected chi connectivity index (χ2v) is 6.58. The fourth-order valence-electron chi connectivity index (χ4n) is 3.01. The Morgan fingerprint density at radius 1 is 0.958 bits per heavy atom. The molecule has 0 spiro atoms. The van der Waals surface area contributed by atoms with Gasteiger partial charge in [0.25, 0.3) is 5.91 Å². The zero-order valence-corrected chi connectivity index (χ0v) is 14.6. The SMILES string of the molecule is CCc1ccc(CN(Cc2ccc(C(=O)NC)cc2)C2CC2)cc1. The average molecular weight is 322 g/mol. The molecule has 0 unspecified atom stereocenters. The van der Waals surface area contributed by atoms with Gasteiger partial charge in [0.2, 0.25) is 0 Å². The van der Waals surface area contributed by atoms with Crippen LogP contribution in [0.15, 0.2) is 48.5 Å². The van der Waals surface area contributed by atoms with Gasteiger partial charge in [0.05, 0.1) is 0 Å². The van der Waals surface area contributed by atoms with Crippen LogP contribution < -0.4 is 5.32 Å². The molecule has 3 rings (SSSR count). The van der Waals surface area contributed by atoms with E-state index in [9.17, 15) is 4.79 Å². The minimum atomic E-state index is -0.0309. The Hall–Kier alpha value is -2.13. The van der Waals surface area contributed by atoms with Gasteiger partial charge >= 0.3 is 0 Å². The van der Waals surface area contributed by atoms with E-state index in [-0.39, 0.29) is 5.91 Å². The second-order valence-electron chi connectivity index (χ2n) is 6.58. The first-order chi connectivity index (χ1) is 11.7. The molecule has 1 fully saturated rings. The molecule has 0 heterocycles. The van der Waals surface area contributed by atoms with Gasteiger partial charge in [0.1, 0.15) is 0 Å². The first-order valence-corrected chi connectivity index (χ1v) is 8.82. The van der Waals surface area contributed by atoms with Crippen molar-refractivity contribution < 1.29 is 4.79 Å². The van der Waals surface area contributed by atoms with Crippen LogP contribution in [0.5, 0.6) is 0 Å². The molecule has 1 aliphatic rings. The molecule has 0 bridgehead atoms. The first-order valence-electron chi connectivity index (χ1n) is 8.82. The zero-order chi connectivity index (χ0) is 16.9. The van der Waals surface area contributed by atoms with Crippen molar-refractivity contribution in [2.45, 2.75) is 45.3 Å². The van der Waals surface area contributed by atoms with E-state index < -0.39 is 0 Å². The van der Waals surface area contributed by atoms with Gasteiger partial charge in [-0.15, -0.1) is 0 Å². The molecule has 1 aliphatic carbocycles. The summed E-state index contributed by atoms with van der Waals surface area (Å²) in [6, 6.07) is 17.6. The van der Waals surface area contributed by atoms with Crippen LogP contribution in [-0.4, -0.2) is 23.9 Å². The van der Waals surface area contributed by atoms with E-state index in [2.05, 4.69) is 53.5 Å². The molecule has 0 aliphatic heterocycles. The number of carbonyl (C=O) groups excluding carboxylic acids is 1. The summed E-state index contributed by atoms with van der Waals surface area (Å²) in [5, 5.41) is 2.66. The second kappa shape index (κ2) is 7.63. The third-order valence-electron chi connectivity index (χ3n) is 4.71. The third-order valence-corrected chi connectivity index (χ3v) is 4.71. The molecule has 24 heavy (non-hydrogen) atoms. The van der Waals surface area contributed by atoms with Crippen molar-refractivity contribution in [1.82, 2.24) is 10.2 Å². The quantitative estimate of drug-likeness (QED) is 0.841. The standard InChI is InChI=1S/C21H26N2O/c1-3-16-4-6-17(7-5-16)14-23(20-12-13-20)15-18-8-10-19(11-9-18)21(24)22-2/h4-11,20H,3,12-15H2,1-2H3,(H,22,24). The molecule has 0 saturated heterocycles. The number of carbonyl (C=O) groups is 1. The van der Waals surface area contributed by atoms with Crippen LogP contribution in [0.1, 0.15) is 46.8 Å². The summed E-state index contributed by atoms with van der Waals surface area (Å²) < 4.78 is 0. The molecule has 3 nitrogen and oxygen atoms in total. The minimum absolute atomic E-state index is 0.0309. The number of amides is 1. The van der Waals surface area contributed by atoms with E-state index in [0.29, 0.717) is 6.04 Å². The number of rotatable bonds is 7. The van der Waals surface area contributed by atoms with Gasteiger partial charge in [-0.05, 0) is 48.1 Å². The Morgan fingerprint density at radius 3 is 1.92 bits per heavy atom. The number of benzene rings is 2. The summed E-state index contributed by atoms with van der Waals surface area (Å²) in [6.07, 6.45) is 3.68. The Morgan fingerprint density at radius 2 is 1.46 bits per heavy atom. The Labute approximate surface area is 144 Å². The maximum atomic E-state index is 11.6. The molecule has 1 amide bonds. The number of nitrogens with zero attached hydrogens (tertiary/aromatic N) is 1. The smallest absolute Gasteiger partial charge is 0.251 e. The largest absolute Gasteiger partial charge is 0.355 e. The van der Waals surface area contributed by atoms with Crippen LogP contribution in [0.4, 0.5) is 0 Å². The number of nitrogens with one attached hydrogen (secondary N) is 1. The van der Waals surface area contributed by atoms with Crippen LogP contribution in [-0.2, 0) is 19.5 Å². The summed E-state index contributed by atoms with van der Waals surface area (Å²) in [4.78, 5) is 14.2. The minimum Gasteiger partial charge on any atom is -0.355 e. The molecular weight excluding hydrogens is 296 g/mol. The maximum Gasteiger partial charge on any atom is 0.251 e. The van der Waals surface area contributed by atoms with E-state index in [0.717, 1.165) is 25.1 Å². The van der Waals surface area contributed by atoms with Crippen molar-refractivity contribution >= 4 is 5.91 Å². The van der Waals surface area contributed by atoms with Crippen LogP contribution in [0.3, 0.4) is 0 Å². The molecule has 126 valence electrons. The van der Waals surface area contributed by atoms with Gasteiger partial charge in [-0.1, -0.05) is 43.3 Å². The number of aryl methyl sites for hydroxylation is 1. The van der Waals surface area contributed by atoms with Crippen molar-refractivity contribution in [3.63, 3.8) is 0 Å². The summed E-state index contributed by atoms with van der Waals surface area (Å²) in [6.45, 7) is 4.12. The Balaban J connectivity index is 1.66. The molecular formula is C21H26N2O. The zero-order valence-electron chi connectivity index (χ0n) is 14.6. The van der Waals surface area contributed by atoms with Crippen molar-refractivity contribution in [3.8, 4) is 0 Å². The van der Waals surface area contributed by atoms with Gasteiger partial charge in [-0.2, -0.15) is 0 Å². The van der Waals surface area contributed by atoms with E-state index in [1.54, 1.807) is 7.05 Å². The first kappa shape index (κ1) is 16.7. The summed E-state index contributed by atoms with van der Waals surface area (Å²) >= 11 is 0. The molecule has 0 radical (unpaired) electrons. The highest BCUT2D eigenvalue weighted by atomic mass is 16.1. The van der Waals surface area contributed by atoms with Crippen molar-refractivity contribution in [2.24, 2.45) is 0 Å². The van der Waals surface area contributed by atoms with Gasteiger partial charge < -0.3 is 5.32 Å². The summed E-state index contributed by atoms with van der Waals surface area (Å²) in [5.41, 5.74) is 4.75. The fourth-order valence-corrected chi connectivity index (χ4v) is 3.01. The molecule has 2 aromatic rings. The highest BCUT2D eigenvalue weighted by Crippen LogP contribution is 2.30. The van der Waals surface area contributed by atoms with E-state index in [1.165, 1.54) is 29.5 Å².